The zero-order chi connectivity index (χ0) is 33.1. The lowest BCUT2D eigenvalue weighted by Gasteiger charge is -2.37. The van der Waals surface area contributed by atoms with Crippen molar-refractivity contribution in [1.29, 1.82) is 0 Å². The molecule has 0 saturated carbocycles. The van der Waals surface area contributed by atoms with Gasteiger partial charge in [-0.25, -0.2) is 4.39 Å². The van der Waals surface area contributed by atoms with Crippen LogP contribution in [0, 0.1) is 5.82 Å². The zero-order valence-corrected chi connectivity index (χ0v) is 28.1. The zero-order valence-electron chi connectivity index (χ0n) is 28.1. The van der Waals surface area contributed by atoms with Crippen LogP contribution in [0.25, 0.3) is 0 Å². The molecule has 0 bridgehead atoms. The summed E-state index contributed by atoms with van der Waals surface area (Å²) >= 11 is 0. The highest BCUT2D eigenvalue weighted by molar-refractivity contribution is 5.76. The minimum absolute atomic E-state index is 0.0348. The van der Waals surface area contributed by atoms with Crippen molar-refractivity contribution < 1.29 is 18.7 Å². The molecule has 1 amide bonds. The van der Waals surface area contributed by atoms with Crippen LogP contribution >= 0.6 is 0 Å². The van der Waals surface area contributed by atoms with Gasteiger partial charge in [0.2, 0.25) is 5.91 Å². The number of aryl methyl sites for hydroxylation is 1. The smallest absolute Gasteiger partial charge is 0.220 e. The number of carbonyl (C=O) groups is 1. The Hall–Kier alpha value is -4.16. The van der Waals surface area contributed by atoms with Crippen molar-refractivity contribution in [3.8, 4) is 11.5 Å². The first-order valence-electron chi connectivity index (χ1n) is 17.0. The number of nitrogens with zero attached hydrogens (tertiary/aromatic N) is 1. The monoisotopic (exact) mass is 636 g/mol. The van der Waals surface area contributed by atoms with Crippen LogP contribution in [0.5, 0.6) is 11.5 Å². The van der Waals surface area contributed by atoms with Gasteiger partial charge in [0.05, 0.1) is 14.2 Å². The van der Waals surface area contributed by atoms with Crippen LogP contribution in [0.3, 0.4) is 0 Å². The van der Waals surface area contributed by atoms with Crippen molar-refractivity contribution >= 4 is 5.91 Å². The molecule has 4 aromatic carbocycles. The summed E-state index contributed by atoms with van der Waals surface area (Å²) in [5.41, 5.74) is 6.16. The molecule has 0 spiro atoms. The standard InChI is InChI=1S/C41H49FN2O3/c1-31-37-30-39(47-3)38(46-2)29-33(37)23-28-44(31)27-11-10-24-41(34-13-6-4-7-14-34,35-15-8-5-9-16-35)25-12-26-43-40(45)22-19-32-17-20-36(42)21-18-32/h4-9,13-18,20-21,29-31H,10-12,19,22-28H2,1-3H3,(H,43,45). The van der Waals surface area contributed by atoms with Crippen LogP contribution < -0.4 is 14.8 Å². The molecule has 47 heavy (non-hydrogen) atoms. The third kappa shape index (κ3) is 8.61. The van der Waals surface area contributed by atoms with Crippen LogP contribution in [-0.2, 0) is 23.1 Å². The molecule has 0 fully saturated rings. The Morgan fingerprint density at radius 1 is 0.851 bits per heavy atom. The maximum absolute atomic E-state index is 13.2. The molecule has 248 valence electrons. The minimum atomic E-state index is -0.257. The SMILES string of the molecule is COc1cc2c(cc1OC)C(C)N(CCCCC(CCCNC(=O)CCc1ccc(F)cc1)(c1ccccc1)c1ccccc1)CC2. The largest absolute Gasteiger partial charge is 0.493 e. The highest BCUT2D eigenvalue weighted by Gasteiger charge is 2.33. The van der Waals surface area contributed by atoms with Gasteiger partial charge in [-0.1, -0.05) is 79.2 Å². The van der Waals surface area contributed by atoms with Gasteiger partial charge in [-0.2, -0.15) is 0 Å². The van der Waals surface area contributed by atoms with Gasteiger partial charge in [-0.3, -0.25) is 9.69 Å². The molecule has 1 N–H and O–H groups in total. The van der Waals surface area contributed by atoms with E-state index < -0.39 is 0 Å². The number of rotatable bonds is 16. The van der Waals surface area contributed by atoms with Crippen LogP contribution in [0.4, 0.5) is 4.39 Å². The maximum Gasteiger partial charge on any atom is 0.220 e. The third-order valence-electron chi connectivity index (χ3n) is 9.92. The van der Waals surface area contributed by atoms with Crippen molar-refractivity contribution in [3.63, 3.8) is 0 Å². The predicted octanol–water partition coefficient (Wildman–Crippen LogP) is 8.45. The molecule has 0 aliphatic carbocycles. The Morgan fingerprint density at radius 2 is 1.47 bits per heavy atom. The minimum Gasteiger partial charge on any atom is -0.493 e. The predicted molar refractivity (Wildman–Crippen MR) is 188 cm³/mol. The Balaban J connectivity index is 1.22. The van der Waals surface area contributed by atoms with E-state index in [9.17, 15) is 9.18 Å². The molecule has 5 nitrogen and oxygen atoms in total. The normalized spacial score (nSPS) is 14.8. The van der Waals surface area contributed by atoms with E-state index in [1.54, 1.807) is 26.4 Å². The number of hydrogen-bond acceptors (Lipinski definition) is 4. The average molecular weight is 637 g/mol. The number of amides is 1. The number of carbonyl (C=O) groups excluding carboxylic acids is 1. The molecule has 6 heteroatoms. The maximum atomic E-state index is 13.2. The molecule has 0 saturated heterocycles. The van der Waals surface area contributed by atoms with Gasteiger partial charge in [0.25, 0.3) is 0 Å². The highest BCUT2D eigenvalue weighted by atomic mass is 19.1. The molecule has 5 rings (SSSR count). The topological polar surface area (TPSA) is 50.8 Å². The van der Waals surface area contributed by atoms with Crippen LogP contribution in [-0.4, -0.2) is 44.7 Å². The summed E-state index contributed by atoms with van der Waals surface area (Å²) in [6.45, 7) is 5.00. The molecule has 0 aromatic heterocycles. The van der Waals surface area contributed by atoms with Crippen molar-refractivity contribution in [3.05, 3.63) is 131 Å². The number of methoxy groups -OCH3 is 2. The summed E-state index contributed by atoms with van der Waals surface area (Å²) in [5, 5.41) is 3.14. The number of ether oxygens (including phenoxy) is 2. The van der Waals surface area contributed by atoms with E-state index in [2.05, 4.69) is 89.9 Å². The second-order valence-electron chi connectivity index (χ2n) is 12.7. The third-order valence-corrected chi connectivity index (χ3v) is 9.92. The lowest BCUT2D eigenvalue weighted by molar-refractivity contribution is -0.121. The van der Waals surface area contributed by atoms with E-state index >= 15 is 0 Å². The van der Waals surface area contributed by atoms with Gasteiger partial charge in [-0.05, 0) is 104 Å². The first-order chi connectivity index (χ1) is 22.9. The van der Waals surface area contributed by atoms with E-state index in [4.69, 9.17) is 9.47 Å². The molecule has 4 aromatic rings. The van der Waals surface area contributed by atoms with Crippen LogP contribution in [0.15, 0.2) is 97.1 Å². The molecular formula is C41H49FN2O3. The number of halogens is 1. The highest BCUT2D eigenvalue weighted by Crippen LogP contribution is 2.42. The van der Waals surface area contributed by atoms with Crippen molar-refractivity contribution in [2.45, 2.75) is 69.7 Å². The molecule has 0 radical (unpaired) electrons. The Bertz CT molecular complexity index is 1520. The number of nitrogens with one attached hydrogen (secondary N) is 1. The van der Waals surface area contributed by atoms with Crippen molar-refractivity contribution in [1.82, 2.24) is 10.2 Å². The Labute approximate surface area is 280 Å². The fourth-order valence-corrected chi connectivity index (χ4v) is 7.24. The fourth-order valence-electron chi connectivity index (χ4n) is 7.24. The molecular weight excluding hydrogens is 587 g/mol. The quantitative estimate of drug-likeness (QED) is 0.125. The van der Waals surface area contributed by atoms with E-state index in [1.165, 1.54) is 34.4 Å². The number of fused-ring (bicyclic) bond motifs is 1. The van der Waals surface area contributed by atoms with Crippen molar-refractivity contribution in [2.24, 2.45) is 0 Å². The van der Waals surface area contributed by atoms with E-state index in [1.807, 2.05) is 0 Å². The van der Waals surface area contributed by atoms with E-state index in [-0.39, 0.29) is 17.1 Å². The van der Waals surface area contributed by atoms with Gasteiger partial charge in [0, 0.05) is 31.0 Å². The van der Waals surface area contributed by atoms with Gasteiger partial charge in [0.15, 0.2) is 11.5 Å². The van der Waals surface area contributed by atoms with Crippen LogP contribution in [0.2, 0.25) is 0 Å². The first-order valence-corrected chi connectivity index (χ1v) is 17.0. The van der Waals surface area contributed by atoms with Gasteiger partial charge in [-0.15, -0.1) is 0 Å². The second kappa shape index (κ2) is 16.6. The molecule has 1 aliphatic rings. The van der Waals surface area contributed by atoms with Gasteiger partial charge >= 0.3 is 0 Å². The summed E-state index contributed by atoms with van der Waals surface area (Å²) in [6, 6.07) is 32.8. The number of hydrogen-bond donors (Lipinski definition) is 1. The van der Waals surface area contributed by atoms with Crippen molar-refractivity contribution in [2.75, 3.05) is 33.9 Å². The summed E-state index contributed by atoms with van der Waals surface area (Å²) in [4.78, 5) is 15.3. The summed E-state index contributed by atoms with van der Waals surface area (Å²) < 4.78 is 24.4. The van der Waals surface area contributed by atoms with E-state index in [0.717, 1.165) is 68.7 Å². The summed E-state index contributed by atoms with van der Waals surface area (Å²) in [7, 11) is 3.40. The molecule has 1 atom stereocenters. The first kappa shape index (κ1) is 34.2. The average Bonchev–Trinajstić information content (AvgIpc) is 3.11. The fraction of sp³-hybridized carbons (Fsp3) is 0.390. The van der Waals surface area contributed by atoms with Gasteiger partial charge < -0.3 is 14.8 Å². The Morgan fingerprint density at radius 3 is 2.11 bits per heavy atom. The van der Waals surface area contributed by atoms with E-state index in [0.29, 0.717) is 25.4 Å². The summed E-state index contributed by atoms with van der Waals surface area (Å²) in [5.74, 6) is 1.37. The molecule has 1 aliphatic heterocycles. The summed E-state index contributed by atoms with van der Waals surface area (Å²) in [6.07, 6.45) is 7.05. The van der Waals surface area contributed by atoms with Gasteiger partial charge in [0.1, 0.15) is 5.82 Å². The lowest BCUT2D eigenvalue weighted by atomic mass is 9.68. The lowest BCUT2D eigenvalue weighted by Crippen LogP contribution is -2.35. The number of unbranched alkanes of at least 4 members (excludes halogenated alkanes) is 1. The van der Waals surface area contributed by atoms with Crippen LogP contribution in [0.1, 0.15) is 79.3 Å². The second-order valence-corrected chi connectivity index (χ2v) is 12.7. The number of benzene rings is 4. The molecule has 1 unspecified atom stereocenters. The Kier molecular flexibility index (Phi) is 12.1. The molecule has 1 heterocycles.